The lowest BCUT2D eigenvalue weighted by molar-refractivity contribution is -0.142. The molecule has 0 fully saturated rings. The normalized spacial score (nSPS) is 10.8. The number of carbonyl (C=O) groups excluding carboxylic acids is 1. The van der Waals surface area contributed by atoms with Crippen LogP contribution in [0.1, 0.15) is 18.1 Å². The van der Waals surface area contributed by atoms with E-state index in [0.717, 1.165) is 16.5 Å². The first-order valence-corrected chi connectivity index (χ1v) is 5.82. The summed E-state index contributed by atoms with van der Waals surface area (Å²) in [6.07, 6.45) is 2.34. The van der Waals surface area contributed by atoms with Crippen molar-refractivity contribution in [2.24, 2.45) is 7.05 Å². The van der Waals surface area contributed by atoms with E-state index in [1.165, 1.54) is 5.56 Å². The van der Waals surface area contributed by atoms with Crippen LogP contribution >= 0.6 is 0 Å². The molecule has 0 unspecified atom stereocenters. The highest BCUT2D eigenvalue weighted by Gasteiger charge is 2.11. The van der Waals surface area contributed by atoms with Crippen molar-refractivity contribution in [1.29, 1.82) is 0 Å². The Morgan fingerprint density at radius 1 is 1.41 bits per heavy atom. The van der Waals surface area contributed by atoms with Crippen molar-refractivity contribution in [3.8, 4) is 0 Å². The molecule has 0 bridgehead atoms. The second kappa shape index (κ2) is 4.62. The molecule has 0 aliphatic carbocycles. The van der Waals surface area contributed by atoms with Gasteiger partial charge in [-0.2, -0.15) is 0 Å². The maximum Gasteiger partial charge on any atom is 0.310 e. The predicted molar refractivity (Wildman–Crippen MR) is 68.0 cm³/mol. The van der Waals surface area contributed by atoms with Crippen molar-refractivity contribution in [1.82, 2.24) is 4.57 Å². The lowest BCUT2D eigenvalue weighted by Gasteiger charge is -2.01. The van der Waals surface area contributed by atoms with Gasteiger partial charge in [0.05, 0.1) is 13.0 Å². The fraction of sp³-hybridized carbons (Fsp3) is 0.357. The lowest BCUT2D eigenvalue weighted by atomic mass is 10.1. The molecule has 0 aliphatic heterocycles. The smallest absolute Gasteiger partial charge is 0.310 e. The highest BCUT2D eigenvalue weighted by atomic mass is 16.5. The number of hydrogen-bond donors (Lipinski definition) is 0. The van der Waals surface area contributed by atoms with E-state index >= 15 is 0 Å². The zero-order valence-electron chi connectivity index (χ0n) is 10.5. The van der Waals surface area contributed by atoms with Crippen LogP contribution in [-0.2, 0) is 23.0 Å². The van der Waals surface area contributed by atoms with Gasteiger partial charge in [0.2, 0.25) is 0 Å². The van der Waals surface area contributed by atoms with Crippen LogP contribution in [-0.4, -0.2) is 17.1 Å². The zero-order chi connectivity index (χ0) is 12.4. The fourth-order valence-electron chi connectivity index (χ4n) is 2.10. The molecule has 0 spiro atoms. The minimum absolute atomic E-state index is 0.165. The van der Waals surface area contributed by atoms with E-state index < -0.39 is 0 Å². The number of hydrogen-bond acceptors (Lipinski definition) is 2. The molecule has 90 valence electrons. The van der Waals surface area contributed by atoms with E-state index in [2.05, 4.69) is 25.1 Å². The average molecular weight is 231 g/mol. The van der Waals surface area contributed by atoms with Crippen LogP contribution in [0.2, 0.25) is 0 Å². The van der Waals surface area contributed by atoms with Gasteiger partial charge in [-0.15, -0.1) is 0 Å². The first-order valence-electron chi connectivity index (χ1n) is 5.82. The Bertz CT molecular complexity index is 555. The third kappa shape index (κ3) is 2.33. The van der Waals surface area contributed by atoms with Gasteiger partial charge < -0.3 is 9.30 Å². The second-order valence-electron chi connectivity index (χ2n) is 4.27. The molecule has 17 heavy (non-hydrogen) atoms. The number of rotatable bonds is 3. The van der Waals surface area contributed by atoms with Crippen LogP contribution in [0.4, 0.5) is 0 Å². The molecule has 0 N–H and O–H groups in total. The van der Waals surface area contributed by atoms with Crippen LogP contribution in [0.3, 0.4) is 0 Å². The topological polar surface area (TPSA) is 31.2 Å². The number of carbonyl (C=O) groups is 1. The predicted octanol–water partition coefficient (Wildman–Crippen LogP) is 2.59. The van der Waals surface area contributed by atoms with E-state index in [9.17, 15) is 4.79 Å². The Kier molecular flexibility index (Phi) is 3.18. The molecule has 1 aromatic heterocycles. The standard InChI is InChI=1S/C14H17NO2/c1-4-17-14(16)8-11-9-15(3)13-6-5-10(2)7-12(11)13/h5-7,9H,4,8H2,1-3H3. The summed E-state index contributed by atoms with van der Waals surface area (Å²) >= 11 is 0. The quantitative estimate of drug-likeness (QED) is 0.760. The first kappa shape index (κ1) is 11.7. The highest BCUT2D eigenvalue weighted by molar-refractivity contribution is 5.88. The van der Waals surface area contributed by atoms with Crippen LogP contribution in [0.5, 0.6) is 0 Å². The van der Waals surface area contributed by atoms with Crippen molar-refractivity contribution < 1.29 is 9.53 Å². The second-order valence-corrected chi connectivity index (χ2v) is 4.27. The molecule has 2 aromatic rings. The average Bonchev–Trinajstić information content (AvgIpc) is 2.55. The van der Waals surface area contributed by atoms with E-state index in [0.29, 0.717) is 13.0 Å². The summed E-state index contributed by atoms with van der Waals surface area (Å²) in [5.41, 5.74) is 3.38. The molecule has 0 radical (unpaired) electrons. The molecule has 1 aromatic carbocycles. The van der Waals surface area contributed by atoms with Gasteiger partial charge in [0, 0.05) is 24.1 Å². The van der Waals surface area contributed by atoms with Crippen molar-refractivity contribution in [2.75, 3.05) is 6.61 Å². The molecular weight excluding hydrogens is 214 g/mol. The maximum atomic E-state index is 11.5. The minimum atomic E-state index is -0.165. The number of aryl methyl sites for hydroxylation is 2. The van der Waals surface area contributed by atoms with E-state index in [1.54, 1.807) is 0 Å². The monoisotopic (exact) mass is 231 g/mol. The Balaban J connectivity index is 2.40. The number of aromatic nitrogens is 1. The summed E-state index contributed by atoms with van der Waals surface area (Å²) in [5.74, 6) is -0.165. The molecule has 0 aliphatic rings. The van der Waals surface area contributed by atoms with Crippen molar-refractivity contribution >= 4 is 16.9 Å². The third-order valence-electron chi connectivity index (χ3n) is 2.87. The Morgan fingerprint density at radius 2 is 2.18 bits per heavy atom. The summed E-state index contributed by atoms with van der Waals surface area (Å²) < 4.78 is 7.03. The summed E-state index contributed by atoms with van der Waals surface area (Å²) in [4.78, 5) is 11.5. The molecule has 3 heteroatoms. The number of ether oxygens (including phenoxy) is 1. The highest BCUT2D eigenvalue weighted by Crippen LogP contribution is 2.22. The maximum absolute atomic E-state index is 11.5. The van der Waals surface area contributed by atoms with E-state index in [4.69, 9.17) is 4.74 Å². The van der Waals surface area contributed by atoms with Crippen molar-refractivity contribution in [2.45, 2.75) is 20.3 Å². The van der Waals surface area contributed by atoms with Gasteiger partial charge >= 0.3 is 5.97 Å². The van der Waals surface area contributed by atoms with Crippen LogP contribution < -0.4 is 0 Å². The number of benzene rings is 1. The lowest BCUT2D eigenvalue weighted by Crippen LogP contribution is -2.07. The van der Waals surface area contributed by atoms with Gasteiger partial charge in [0.15, 0.2) is 0 Å². The van der Waals surface area contributed by atoms with Crippen LogP contribution in [0, 0.1) is 6.92 Å². The van der Waals surface area contributed by atoms with Gasteiger partial charge in [0.1, 0.15) is 0 Å². The summed E-state index contributed by atoms with van der Waals surface area (Å²) in [6, 6.07) is 6.28. The number of esters is 1. The Hall–Kier alpha value is -1.77. The van der Waals surface area contributed by atoms with E-state index in [-0.39, 0.29) is 5.97 Å². The summed E-state index contributed by atoms with van der Waals surface area (Å²) in [7, 11) is 1.99. The van der Waals surface area contributed by atoms with Gasteiger partial charge in [-0.25, -0.2) is 0 Å². The Labute approximate surface area is 101 Å². The first-order chi connectivity index (χ1) is 8.11. The summed E-state index contributed by atoms with van der Waals surface area (Å²) in [5, 5.41) is 1.14. The Morgan fingerprint density at radius 3 is 2.88 bits per heavy atom. The molecule has 2 rings (SSSR count). The molecule has 1 heterocycles. The SMILES string of the molecule is CCOC(=O)Cc1cn(C)c2ccc(C)cc12. The number of fused-ring (bicyclic) bond motifs is 1. The zero-order valence-corrected chi connectivity index (χ0v) is 10.5. The van der Waals surface area contributed by atoms with Gasteiger partial charge in [0.25, 0.3) is 0 Å². The van der Waals surface area contributed by atoms with Crippen LogP contribution in [0.25, 0.3) is 10.9 Å². The van der Waals surface area contributed by atoms with Crippen molar-refractivity contribution in [3.63, 3.8) is 0 Å². The molecule has 0 atom stereocenters. The van der Waals surface area contributed by atoms with Crippen LogP contribution in [0.15, 0.2) is 24.4 Å². The summed E-state index contributed by atoms with van der Waals surface area (Å²) in [6.45, 7) is 4.31. The van der Waals surface area contributed by atoms with Gasteiger partial charge in [-0.3, -0.25) is 4.79 Å². The largest absolute Gasteiger partial charge is 0.466 e. The molecule has 3 nitrogen and oxygen atoms in total. The number of nitrogens with zero attached hydrogens (tertiary/aromatic N) is 1. The molecule has 0 saturated heterocycles. The minimum Gasteiger partial charge on any atom is -0.466 e. The third-order valence-corrected chi connectivity index (χ3v) is 2.87. The molecular formula is C14H17NO2. The van der Waals surface area contributed by atoms with Gasteiger partial charge in [-0.1, -0.05) is 11.6 Å². The van der Waals surface area contributed by atoms with E-state index in [1.807, 2.05) is 24.7 Å². The molecule has 0 amide bonds. The molecule has 0 saturated carbocycles. The van der Waals surface area contributed by atoms with Gasteiger partial charge in [-0.05, 0) is 31.5 Å². The fourth-order valence-corrected chi connectivity index (χ4v) is 2.10. The van der Waals surface area contributed by atoms with Crippen molar-refractivity contribution in [3.05, 3.63) is 35.5 Å².